The highest BCUT2D eigenvalue weighted by Gasteiger charge is 2.40. The van der Waals surface area contributed by atoms with Crippen molar-refractivity contribution in [3.63, 3.8) is 0 Å². The van der Waals surface area contributed by atoms with Crippen molar-refractivity contribution in [2.75, 3.05) is 111 Å². The first kappa shape index (κ1) is 45.3. The van der Waals surface area contributed by atoms with Gasteiger partial charge in [0.1, 0.15) is 0 Å². The zero-order valence-electron chi connectivity index (χ0n) is 30.3. The van der Waals surface area contributed by atoms with Crippen LogP contribution in [0.15, 0.2) is 0 Å². The highest BCUT2D eigenvalue weighted by Crippen LogP contribution is 2.21. The van der Waals surface area contributed by atoms with Crippen LogP contribution in [0.4, 0.5) is 0 Å². The van der Waals surface area contributed by atoms with Gasteiger partial charge < -0.3 is 63.3 Å². The van der Waals surface area contributed by atoms with Crippen LogP contribution in [0.5, 0.6) is 0 Å². The van der Waals surface area contributed by atoms with Gasteiger partial charge in [-0.3, -0.25) is 0 Å². The van der Waals surface area contributed by atoms with Gasteiger partial charge in [0.25, 0.3) is 0 Å². The molecule has 1 atom stereocenters. The van der Waals surface area contributed by atoms with E-state index in [9.17, 15) is 0 Å². The fraction of sp³-hybridized carbons (Fsp3) is 1.00. The van der Waals surface area contributed by atoms with Crippen LogP contribution < -0.4 is 5.32 Å². The van der Waals surface area contributed by atoms with Crippen LogP contribution >= 0.6 is 0 Å². The van der Waals surface area contributed by atoms with E-state index in [1.54, 1.807) is 85.3 Å². The molecular formula is C27H66N2O12Si4. The second kappa shape index (κ2) is 25.3. The lowest BCUT2D eigenvalue weighted by molar-refractivity contribution is 0.118. The van der Waals surface area contributed by atoms with Crippen molar-refractivity contribution < 1.29 is 53.1 Å². The summed E-state index contributed by atoms with van der Waals surface area (Å²) < 4.78 is 67.8. The average Bonchev–Trinajstić information content (AvgIpc) is 3.09. The SMILES string of the molecule is CO[Si](CCCNC(CCC[Si](OC)(OC)OC)CCN(CCC[Si](OC)(OC)OC)CCC[Si](OC)(OC)OC)(OC)OC. The third-order valence-corrected chi connectivity index (χ3v) is 19.9. The molecule has 14 nitrogen and oxygen atoms in total. The lowest BCUT2D eigenvalue weighted by Crippen LogP contribution is -2.45. The minimum absolute atomic E-state index is 0.282. The first-order chi connectivity index (χ1) is 21.6. The van der Waals surface area contributed by atoms with Gasteiger partial charge in [-0.2, -0.15) is 0 Å². The maximum absolute atomic E-state index is 5.66. The van der Waals surface area contributed by atoms with E-state index in [0.717, 1.165) is 88.9 Å². The van der Waals surface area contributed by atoms with E-state index in [-0.39, 0.29) is 6.04 Å². The topological polar surface area (TPSA) is 126 Å². The van der Waals surface area contributed by atoms with E-state index in [4.69, 9.17) is 53.1 Å². The summed E-state index contributed by atoms with van der Waals surface area (Å²) in [6, 6.07) is 3.25. The highest BCUT2D eigenvalue weighted by atomic mass is 28.4. The molecule has 0 heterocycles. The summed E-state index contributed by atoms with van der Waals surface area (Å²) in [5.74, 6) is 0. The summed E-state index contributed by atoms with van der Waals surface area (Å²) in [6.45, 7) is 3.50. The molecule has 0 rings (SSSR count). The fourth-order valence-electron chi connectivity index (χ4n) is 5.46. The van der Waals surface area contributed by atoms with Crippen molar-refractivity contribution in [2.24, 2.45) is 0 Å². The van der Waals surface area contributed by atoms with Gasteiger partial charge in [-0.15, -0.1) is 0 Å². The molecule has 272 valence electrons. The summed E-state index contributed by atoms with van der Waals surface area (Å²) in [6.07, 6.45) is 5.50. The van der Waals surface area contributed by atoms with Crippen molar-refractivity contribution in [3.8, 4) is 0 Å². The van der Waals surface area contributed by atoms with Gasteiger partial charge in [0, 0.05) is 116 Å². The quantitative estimate of drug-likeness (QED) is 0.0808. The molecular weight excluding hydrogens is 657 g/mol. The molecule has 0 aliphatic heterocycles. The Balaban J connectivity index is 5.59. The van der Waals surface area contributed by atoms with Crippen LogP contribution in [0.25, 0.3) is 0 Å². The summed E-state index contributed by atoms with van der Waals surface area (Å²) in [7, 11) is 9.31. The number of nitrogens with zero attached hydrogens (tertiary/aromatic N) is 1. The van der Waals surface area contributed by atoms with Gasteiger partial charge in [0.05, 0.1) is 0 Å². The van der Waals surface area contributed by atoms with Crippen LogP contribution in [0.2, 0.25) is 24.2 Å². The van der Waals surface area contributed by atoms with Gasteiger partial charge in [-0.05, 0) is 64.7 Å². The number of hydrogen-bond donors (Lipinski definition) is 1. The molecule has 0 saturated carbocycles. The summed E-state index contributed by atoms with van der Waals surface area (Å²) in [5, 5.41) is 3.79. The van der Waals surface area contributed by atoms with Crippen molar-refractivity contribution in [1.82, 2.24) is 10.2 Å². The minimum atomic E-state index is -2.65. The second-order valence-corrected chi connectivity index (χ2v) is 23.0. The van der Waals surface area contributed by atoms with Crippen LogP contribution in [-0.2, 0) is 53.1 Å². The van der Waals surface area contributed by atoms with E-state index in [0.29, 0.717) is 0 Å². The van der Waals surface area contributed by atoms with Gasteiger partial charge in [-0.1, -0.05) is 0 Å². The molecule has 0 fully saturated rings. The maximum atomic E-state index is 5.66. The smallest absolute Gasteiger partial charge is 0.377 e. The van der Waals surface area contributed by atoms with E-state index >= 15 is 0 Å². The molecule has 0 aromatic carbocycles. The Hall–Kier alpha value is 0.308. The molecule has 0 aromatic heterocycles. The van der Waals surface area contributed by atoms with Crippen LogP contribution in [-0.4, -0.2) is 158 Å². The molecule has 0 radical (unpaired) electrons. The Morgan fingerprint density at radius 1 is 0.400 bits per heavy atom. The van der Waals surface area contributed by atoms with E-state index in [2.05, 4.69) is 10.2 Å². The average molecular weight is 723 g/mol. The minimum Gasteiger partial charge on any atom is -0.377 e. The molecule has 0 aromatic rings. The number of hydrogen-bond acceptors (Lipinski definition) is 14. The largest absolute Gasteiger partial charge is 0.500 e. The molecule has 0 amide bonds. The Bertz CT molecular complexity index is 648. The molecule has 0 aliphatic carbocycles. The molecule has 0 spiro atoms. The van der Waals surface area contributed by atoms with Gasteiger partial charge in [0.2, 0.25) is 0 Å². The monoisotopic (exact) mass is 722 g/mol. The lowest BCUT2D eigenvalue weighted by Gasteiger charge is -2.30. The van der Waals surface area contributed by atoms with Crippen LogP contribution in [0, 0.1) is 0 Å². The predicted octanol–water partition coefficient (Wildman–Crippen LogP) is 3.10. The normalized spacial score (nSPS) is 14.1. The Labute approximate surface area is 278 Å². The molecule has 1 unspecified atom stereocenters. The first-order valence-electron chi connectivity index (χ1n) is 15.7. The Morgan fingerprint density at radius 3 is 1.04 bits per heavy atom. The fourth-order valence-corrected chi connectivity index (χ4v) is 12.3. The third-order valence-electron chi connectivity index (χ3n) is 8.57. The Morgan fingerprint density at radius 2 is 0.711 bits per heavy atom. The summed E-state index contributed by atoms with van der Waals surface area (Å²) >= 11 is 0. The van der Waals surface area contributed by atoms with Crippen LogP contribution in [0.3, 0.4) is 0 Å². The predicted molar refractivity (Wildman–Crippen MR) is 182 cm³/mol. The zero-order valence-corrected chi connectivity index (χ0v) is 34.3. The molecule has 0 saturated heterocycles. The number of rotatable bonds is 32. The molecule has 0 aliphatic rings. The molecule has 0 bridgehead atoms. The zero-order chi connectivity index (χ0) is 34.2. The standard InChI is InChI=1S/C27H66N2O12Si4/c1-30-42(31-2,32-3)23-13-17-27(28-19-14-24-43(33-4,34-5)35-6)18-22-29(20-15-25-44(36-7,37-8)38-9)21-16-26-45(39-10,40-11)41-12/h27-28H,13-26H2,1-12H3. The van der Waals surface area contributed by atoms with Gasteiger partial charge >= 0.3 is 35.2 Å². The van der Waals surface area contributed by atoms with E-state index in [1.165, 1.54) is 0 Å². The molecule has 45 heavy (non-hydrogen) atoms. The van der Waals surface area contributed by atoms with Gasteiger partial charge in [0.15, 0.2) is 0 Å². The van der Waals surface area contributed by atoms with Crippen molar-refractivity contribution in [1.29, 1.82) is 0 Å². The number of nitrogens with one attached hydrogen (secondary N) is 1. The first-order valence-corrected chi connectivity index (χ1v) is 23.4. The van der Waals surface area contributed by atoms with Crippen LogP contribution in [0.1, 0.15) is 38.5 Å². The van der Waals surface area contributed by atoms with E-state index < -0.39 is 35.2 Å². The van der Waals surface area contributed by atoms with E-state index in [1.807, 2.05) is 0 Å². The third kappa shape index (κ3) is 16.0. The highest BCUT2D eigenvalue weighted by molar-refractivity contribution is 6.61. The summed E-state index contributed by atoms with van der Waals surface area (Å²) in [5.41, 5.74) is 0. The van der Waals surface area contributed by atoms with Crippen molar-refractivity contribution in [3.05, 3.63) is 0 Å². The summed E-state index contributed by atoms with van der Waals surface area (Å²) in [4.78, 5) is 2.49. The lowest BCUT2D eigenvalue weighted by atomic mass is 10.1. The van der Waals surface area contributed by atoms with Gasteiger partial charge in [-0.25, -0.2) is 0 Å². The molecule has 1 N–H and O–H groups in total. The Kier molecular flexibility index (Phi) is 25.5. The molecule has 18 heteroatoms. The van der Waals surface area contributed by atoms with Crippen molar-refractivity contribution >= 4 is 35.2 Å². The second-order valence-electron chi connectivity index (χ2n) is 10.7. The van der Waals surface area contributed by atoms with Crippen molar-refractivity contribution in [2.45, 2.75) is 68.7 Å². The maximum Gasteiger partial charge on any atom is 0.500 e.